The minimum atomic E-state index is -0.607. The average molecular weight is 478 g/mol. The number of ether oxygens (including phenoxy) is 2. The molecule has 0 radical (unpaired) electrons. The maximum Gasteiger partial charge on any atom is 0.300 e. The summed E-state index contributed by atoms with van der Waals surface area (Å²) in [6.07, 6.45) is 1.71. The van der Waals surface area contributed by atoms with Crippen molar-refractivity contribution in [1.82, 2.24) is 10.3 Å². The smallest absolute Gasteiger partial charge is 0.300 e. The van der Waals surface area contributed by atoms with Crippen LogP contribution in [-0.4, -0.2) is 35.4 Å². The summed E-state index contributed by atoms with van der Waals surface area (Å²) in [5.74, 6) is -0.0413. The van der Waals surface area contributed by atoms with Crippen molar-refractivity contribution in [3.05, 3.63) is 75.6 Å². The molecular weight excluding hydrogens is 459 g/mol. The van der Waals surface area contributed by atoms with Gasteiger partial charge in [0.25, 0.3) is 5.91 Å². The number of fused-ring (bicyclic) bond motifs is 1. The molecule has 0 atom stereocenters. The number of nitro benzene ring substituents is 1. The lowest BCUT2D eigenvalue weighted by atomic mass is 10.0. The fraction of sp³-hybridized carbons (Fsp3) is 0.208. The largest absolute Gasteiger partial charge is 0.493 e. The second-order valence-corrected chi connectivity index (χ2v) is 8.01. The Morgan fingerprint density at radius 3 is 2.43 bits per heavy atom. The molecule has 178 valence electrons. The SMILES string of the molecule is COc1ccc(C(=O)N(c2ccc(F)cc2C2CC2)c2ccc([N+](=O)[O-])c3nonc23)cc1OC. The Bertz CT molecular complexity index is 1470. The fourth-order valence-corrected chi connectivity index (χ4v) is 4.07. The molecule has 0 aliphatic heterocycles. The number of non-ortho nitro benzene ring substituents is 1. The molecule has 1 heterocycles. The molecule has 0 unspecified atom stereocenters. The Morgan fingerprint density at radius 2 is 1.74 bits per heavy atom. The number of anilines is 2. The maximum absolute atomic E-state index is 14.2. The summed E-state index contributed by atoms with van der Waals surface area (Å²) < 4.78 is 29.6. The number of aromatic nitrogens is 2. The molecule has 1 aliphatic carbocycles. The first kappa shape index (κ1) is 22.3. The van der Waals surface area contributed by atoms with Crippen LogP contribution in [0.15, 0.2) is 53.2 Å². The van der Waals surface area contributed by atoms with Crippen LogP contribution in [0.2, 0.25) is 0 Å². The zero-order chi connectivity index (χ0) is 24.7. The zero-order valence-electron chi connectivity index (χ0n) is 18.7. The normalized spacial score (nSPS) is 13.0. The summed E-state index contributed by atoms with van der Waals surface area (Å²) in [6, 6.07) is 11.5. The van der Waals surface area contributed by atoms with Crippen molar-refractivity contribution < 1.29 is 28.2 Å². The molecular formula is C24H19FN4O6. The molecule has 3 aromatic carbocycles. The summed E-state index contributed by atoms with van der Waals surface area (Å²) >= 11 is 0. The molecule has 1 amide bonds. The fourth-order valence-electron chi connectivity index (χ4n) is 4.07. The Kier molecular flexibility index (Phi) is 5.51. The number of hydrogen-bond acceptors (Lipinski definition) is 8. The van der Waals surface area contributed by atoms with E-state index in [1.165, 1.54) is 55.5 Å². The Morgan fingerprint density at radius 1 is 1.03 bits per heavy atom. The average Bonchev–Trinajstić information content (AvgIpc) is 3.60. The monoisotopic (exact) mass is 478 g/mol. The molecule has 11 heteroatoms. The lowest BCUT2D eigenvalue weighted by molar-refractivity contribution is -0.383. The van der Waals surface area contributed by atoms with Crippen LogP contribution in [0.4, 0.5) is 21.5 Å². The summed E-state index contributed by atoms with van der Waals surface area (Å²) in [5.41, 5.74) is 1.15. The van der Waals surface area contributed by atoms with Gasteiger partial charge >= 0.3 is 5.69 Å². The van der Waals surface area contributed by atoms with Crippen LogP contribution in [0.5, 0.6) is 11.5 Å². The minimum absolute atomic E-state index is 0.0269. The van der Waals surface area contributed by atoms with E-state index in [1.54, 1.807) is 12.1 Å². The van der Waals surface area contributed by atoms with E-state index < -0.39 is 16.6 Å². The van der Waals surface area contributed by atoms with Gasteiger partial charge in [-0.15, -0.1) is 0 Å². The van der Waals surface area contributed by atoms with Crippen LogP contribution in [-0.2, 0) is 0 Å². The highest BCUT2D eigenvalue weighted by Crippen LogP contribution is 2.47. The number of methoxy groups -OCH3 is 2. The van der Waals surface area contributed by atoms with E-state index in [-0.39, 0.29) is 33.9 Å². The van der Waals surface area contributed by atoms with Crippen LogP contribution in [0.25, 0.3) is 11.0 Å². The second-order valence-electron chi connectivity index (χ2n) is 8.01. The van der Waals surface area contributed by atoms with E-state index in [2.05, 4.69) is 10.3 Å². The number of amides is 1. The van der Waals surface area contributed by atoms with E-state index in [4.69, 9.17) is 14.1 Å². The van der Waals surface area contributed by atoms with Gasteiger partial charge in [-0.25, -0.2) is 9.02 Å². The third kappa shape index (κ3) is 3.90. The van der Waals surface area contributed by atoms with E-state index in [1.807, 2.05) is 0 Å². The number of carbonyl (C=O) groups is 1. The first-order valence-electron chi connectivity index (χ1n) is 10.7. The first-order chi connectivity index (χ1) is 16.9. The quantitative estimate of drug-likeness (QED) is 0.264. The highest BCUT2D eigenvalue weighted by atomic mass is 19.1. The standard InChI is InChI=1S/C24H19FN4O6/c1-33-20-10-5-14(11-21(20)34-2)24(30)28(17-7-6-15(25)12-16(17)13-3-4-13)18-8-9-19(29(31)32)23-22(18)26-35-27-23/h5-13H,3-4H2,1-2H3. The highest BCUT2D eigenvalue weighted by Gasteiger charge is 2.33. The Balaban J connectivity index is 1.74. The van der Waals surface area contributed by atoms with Gasteiger partial charge in [0.15, 0.2) is 17.0 Å². The lowest BCUT2D eigenvalue weighted by Gasteiger charge is -2.26. The number of rotatable bonds is 7. The van der Waals surface area contributed by atoms with Crippen molar-refractivity contribution in [3.63, 3.8) is 0 Å². The summed E-state index contributed by atoms with van der Waals surface area (Å²) in [5, 5.41) is 19.0. The third-order valence-electron chi connectivity index (χ3n) is 5.89. The molecule has 10 nitrogen and oxygen atoms in total. The summed E-state index contributed by atoms with van der Waals surface area (Å²) in [4.78, 5) is 26.2. The van der Waals surface area contributed by atoms with Crippen molar-refractivity contribution in [3.8, 4) is 11.5 Å². The van der Waals surface area contributed by atoms with E-state index in [0.717, 1.165) is 12.8 Å². The second kappa shape index (κ2) is 8.67. The first-order valence-corrected chi connectivity index (χ1v) is 10.7. The van der Waals surface area contributed by atoms with Crippen molar-refractivity contribution in [2.24, 2.45) is 0 Å². The number of halogens is 1. The summed E-state index contributed by atoms with van der Waals surface area (Å²) in [6.45, 7) is 0. The number of carbonyl (C=O) groups excluding carboxylic acids is 1. The van der Waals surface area contributed by atoms with E-state index >= 15 is 0 Å². The number of benzene rings is 3. The predicted octanol–water partition coefficient (Wildman–Crippen LogP) is 5.14. The van der Waals surface area contributed by atoms with Gasteiger partial charge in [-0.3, -0.25) is 19.8 Å². The molecule has 1 aromatic heterocycles. The van der Waals surface area contributed by atoms with Crippen LogP contribution >= 0.6 is 0 Å². The van der Waals surface area contributed by atoms with Crippen molar-refractivity contribution >= 4 is 34.0 Å². The van der Waals surface area contributed by atoms with Gasteiger partial charge in [0.1, 0.15) is 5.82 Å². The molecule has 0 saturated heterocycles. The lowest BCUT2D eigenvalue weighted by Crippen LogP contribution is -2.27. The van der Waals surface area contributed by atoms with Crippen LogP contribution in [0.1, 0.15) is 34.7 Å². The molecule has 0 bridgehead atoms. The van der Waals surface area contributed by atoms with E-state index in [0.29, 0.717) is 22.7 Å². The van der Waals surface area contributed by atoms with Gasteiger partial charge in [0, 0.05) is 11.6 Å². The van der Waals surface area contributed by atoms with Gasteiger partial charge in [-0.2, -0.15) is 0 Å². The van der Waals surface area contributed by atoms with Crippen molar-refractivity contribution in [2.75, 3.05) is 19.1 Å². The topological polar surface area (TPSA) is 121 Å². The number of hydrogen-bond donors (Lipinski definition) is 0. The molecule has 1 saturated carbocycles. The predicted molar refractivity (Wildman–Crippen MR) is 123 cm³/mol. The number of nitro groups is 1. The Hall–Kier alpha value is -4.54. The van der Waals surface area contributed by atoms with Crippen LogP contribution in [0, 0.1) is 15.9 Å². The molecule has 1 fully saturated rings. The molecule has 1 aliphatic rings. The third-order valence-corrected chi connectivity index (χ3v) is 5.89. The van der Waals surface area contributed by atoms with E-state index in [9.17, 15) is 19.3 Å². The van der Waals surface area contributed by atoms with Crippen molar-refractivity contribution in [1.29, 1.82) is 0 Å². The highest BCUT2D eigenvalue weighted by molar-refractivity contribution is 6.15. The van der Waals surface area contributed by atoms with Gasteiger partial charge in [0.2, 0.25) is 5.52 Å². The van der Waals surface area contributed by atoms with Crippen molar-refractivity contribution in [2.45, 2.75) is 18.8 Å². The van der Waals surface area contributed by atoms with Gasteiger partial charge in [0.05, 0.1) is 30.5 Å². The number of nitrogens with zero attached hydrogens (tertiary/aromatic N) is 4. The molecule has 0 spiro atoms. The van der Waals surface area contributed by atoms with Gasteiger partial charge in [-0.05, 0) is 77.1 Å². The zero-order valence-corrected chi connectivity index (χ0v) is 18.7. The molecule has 0 N–H and O–H groups in total. The van der Waals surface area contributed by atoms with Gasteiger partial charge in [-0.1, -0.05) is 0 Å². The van der Waals surface area contributed by atoms with Crippen LogP contribution in [0.3, 0.4) is 0 Å². The minimum Gasteiger partial charge on any atom is -0.493 e. The van der Waals surface area contributed by atoms with Crippen LogP contribution < -0.4 is 14.4 Å². The molecule has 5 rings (SSSR count). The summed E-state index contributed by atoms with van der Waals surface area (Å²) in [7, 11) is 2.94. The maximum atomic E-state index is 14.2. The molecule has 35 heavy (non-hydrogen) atoms. The van der Waals surface area contributed by atoms with Gasteiger partial charge < -0.3 is 9.47 Å². The Labute approximate surface area is 198 Å². The molecule has 4 aromatic rings.